The Morgan fingerprint density at radius 2 is 1.60 bits per heavy atom. The Morgan fingerprint density at radius 1 is 0.943 bits per heavy atom. The summed E-state index contributed by atoms with van der Waals surface area (Å²) >= 11 is 0. The highest BCUT2D eigenvalue weighted by Gasteiger charge is 2.51. The van der Waals surface area contributed by atoms with Crippen molar-refractivity contribution in [2.75, 3.05) is 5.32 Å². The zero-order valence-electron chi connectivity index (χ0n) is 21.0. The Bertz CT molecular complexity index is 1020. The third-order valence-electron chi connectivity index (χ3n) is 7.31. The number of anilines is 1. The third kappa shape index (κ3) is 6.24. The molecule has 4 rings (SSSR count). The summed E-state index contributed by atoms with van der Waals surface area (Å²) < 4.78 is 17.6. The van der Waals surface area contributed by atoms with Gasteiger partial charge in [-0.2, -0.15) is 0 Å². The van der Waals surface area contributed by atoms with Crippen molar-refractivity contribution in [1.29, 1.82) is 0 Å². The summed E-state index contributed by atoms with van der Waals surface area (Å²) in [6, 6.07) is 17.3. The minimum Gasteiger partial charge on any atom is -0.445 e. The number of amides is 2. The van der Waals surface area contributed by atoms with Crippen LogP contribution in [0.2, 0.25) is 0 Å². The van der Waals surface area contributed by atoms with E-state index in [1.165, 1.54) is 0 Å². The Morgan fingerprint density at radius 3 is 2.26 bits per heavy atom. The van der Waals surface area contributed by atoms with Gasteiger partial charge in [0, 0.05) is 17.6 Å². The minimum atomic E-state index is -0.472. The van der Waals surface area contributed by atoms with E-state index in [0.29, 0.717) is 12.8 Å². The summed E-state index contributed by atoms with van der Waals surface area (Å²) in [7, 11) is -0.472. The third-order valence-corrected chi connectivity index (χ3v) is 7.31. The molecule has 2 aliphatic rings. The lowest BCUT2D eigenvalue weighted by Crippen LogP contribution is -2.41. The van der Waals surface area contributed by atoms with Gasteiger partial charge in [-0.15, -0.1) is 0 Å². The fraction of sp³-hybridized carbons (Fsp3) is 0.481. The fourth-order valence-electron chi connectivity index (χ4n) is 4.42. The monoisotopic (exact) mass is 478 g/mol. The highest BCUT2D eigenvalue weighted by atomic mass is 16.7. The molecule has 7 nitrogen and oxygen atoms in total. The van der Waals surface area contributed by atoms with E-state index in [2.05, 4.69) is 10.6 Å². The molecule has 0 atom stereocenters. The first-order valence-electron chi connectivity index (χ1n) is 12.4. The van der Waals surface area contributed by atoms with Crippen LogP contribution in [0.1, 0.15) is 58.9 Å². The van der Waals surface area contributed by atoms with Crippen molar-refractivity contribution >= 4 is 30.3 Å². The molecule has 2 aromatic carbocycles. The van der Waals surface area contributed by atoms with Gasteiger partial charge >= 0.3 is 13.2 Å². The maximum Gasteiger partial charge on any atom is 0.494 e. The van der Waals surface area contributed by atoms with Crippen LogP contribution in [0.5, 0.6) is 0 Å². The van der Waals surface area contributed by atoms with Crippen molar-refractivity contribution in [3.05, 3.63) is 60.2 Å². The summed E-state index contributed by atoms with van der Waals surface area (Å²) in [6.07, 6.45) is 2.50. The van der Waals surface area contributed by atoms with Gasteiger partial charge in [0.2, 0.25) is 5.91 Å². The molecule has 2 amide bonds. The van der Waals surface area contributed by atoms with E-state index in [-0.39, 0.29) is 24.5 Å². The first-order valence-corrected chi connectivity index (χ1v) is 12.4. The predicted octanol–water partition coefficient (Wildman–Crippen LogP) is 4.41. The van der Waals surface area contributed by atoms with Crippen LogP contribution < -0.4 is 16.1 Å². The van der Waals surface area contributed by atoms with Gasteiger partial charge in [0.15, 0.2) is 0 Å². The molecule has 186 valence electrons. The molecule has 0 spiro atoms. The molecule has 1 aliphatic carbocycles. The van der Waals surface area contributed by atoms with Gasteiger partial charge < -0.3 is 24.7 Å². The Hall–Kier alpha value is -2.84. The molecule has 35 heavy (non-hydrogen) atoms. The van der Waals surface area contributed by atoms with E-state index >= 15 is 0 Å². The van der Waals surface area contributed by atoms with Crippen molar-refractivity contribution in [2.45, 2.75) is 77.2 Å². The van der Waals surface area contributed by atoms with Crippen molar-refractivity contribution in [3.63, 3.8) is 0 Å². The minimum absolute atomic E-state index is 0.00109. The van der Waals surface area contributed by atoms with E-state index in [1.54, 1.807) is 0 Å². The largest absolute Gasteiger partial charge is 0.494 e. The first-order chi connectivity index (χ1) is 16.6. The van der Waals surface area contributed by atoms with Gasteiger partial charge in [-0.1, -0.05) is 42.5 Å². The zero-order valence-corrected chi connectivity index (χ0v) is 21.0. The predicted molar refractivity (Wildman–Crippen MR) is 136 cm³/mol. The molecule has 0 aromatic heterocycles. The molecule has 1 aliphatic heterocycles. The highest BCUT2D eigenvalue weighted by Crippen LogP contribution is 2.36. The number of carbonyl (C=O) groups is 2. The van der Waals surface area contributed by atoms with Gasteiger partial charge in [0.1, 0.15) is 6.61 Å². The molecule has 1 heterocycles. The number of alkyl carbamates (subject to hydrolysis) is 1. The number of benzene rings is 2. The number of hydrogen-bond acceptors (Lipinski definition) is 5. The molecule has 1 saturated heterocycles. The smallest absolute Gasteiger partial charge is 0.445 e. The summed E-state index contributed by atoms with van der Waals surface area (Å²) in [5.41, 5.74) is 1.72. The average molecular weight is 478 g/mol. The van der Waals surface area contributed by atoms with Gasteiger partial charge in [0.25, 0.3) is 0 Å². The number of hydrogen-bond donors (Lipinski definition) is 2. The fourth-order valence-corrected chi connectivity index (χ4v) is 4.42. The molecular weight excluding hydrogens is 443 g/mol. The van der Waals surface area contributed by atoms with Gasteiger partial charge in [0.05, 0.1) is 11.2 Å². The lowest BCUT2D eigenvalue weighted by molar-refractivity contribution is -0.120. The van der Waals surface area contributed by atoms with Crippen LogP contribution in [0.4, 0.5) is 10.5 Å². The molecule has 0 bridgehead atoms. The molecule has 2 fully saturated rings. The van der Waals surface area contributed by atoms with Crippen LogP contribution in [-0.4, -0.2) is 36.4 Å². The van der Waals surface area contributed by atoms with Crippen molar-refractivity contribution < 1.29 is 23.6 Å². The second kappa shape index (κ2) is 10.4. The van der Waals surface area contributed by atoms with Crippen molar-refractivity contribution in [3.8, 4) is 0 Å². The van der Waals surface area contributed by atoms with E-state index in [0.717, 1.165) is 29.6 Å². The normalized spacial score (nSPS) is 22.9. The van der Waals surface area contributed by atoms with E-state index in [4.69, 9.17) is 14.0 Å². The van der Waals surface area contributed by atoms with Crippen molar-refractivity contribution in [2.24, 2.45) is 5.92 Å². The Balaban J connectivity index is 1.24. The lowest BCUT2D eigenvalue weighted by Gasteiger charge is -2.32. The van der Waals surface area contributed by atoms with Crippen LogP contribution in [-0.2, 0) is 25.4 Å². The van der Waals surface area contributed by atoms with Gasteiger partial charge in [-0.25, -0.2) is 4.79 Å². The summed E-state index contributed by atoms with van der Waals surface area (Å²) in [5, 5.41) is 5.98. The van der Waals surface area contributed by atoms with Crippen molar-refractivity contribution in [1.82, 2.24) is 5.32 Å². The summed E-state index contributed by atoms with van der Waals surface area (Å²) in [4.78, 5) is 25.0. The van der Waals surface area contributed by atoms with Gasteiger partial charge in [-0.3, -0.25) is 4.79 Å². The first kappa shape index (κ1) is 25.3. The van der Waals surface area contributed by atoms with E-state index in [1.807, 2.05) is 82.3 Å². The van der Waals surface area contributed by atoms with E-state index < -0.39 is 24.4 Å². The van der Waals surface area contributed by atoms with Crippen LogP contribution in [0.25, 0.3) is 0 Å². The topological polar surface area (TPSA) is 85.9 Å². The molecule has 0 radical (unpaired) electrons. The van der Waals surface area contributed by atoms with Crippen LogP contribution >= 0.6 is 0 Å². The molecule has 2 aromatic rings. The van der Waals surface area contributed by atoms with E-state index in [9.17, 15) is 9.59 Å². The van der Waals surface area contributed by atoms with Crippen LogP contribution in [0.3, 0.4) is 0 Å². The number of nitrogens with one attached hydrogen (secondary N) is 2. The van der Waals surface area contributed by atoms with Crippen LogP contribution in [0.15, 0.2) is 54.6 Å². The van der Waals surface area contributed by atoms with Crippen LogP contribution in [0, 0.1) is 5.92 Å². The molecule has 1 saturated carbocycles. The number of carbonyl (C=O) groups excluding carboxylic acids is 2. The summed E-state index contributed by atoms with van der Waals surface area (Å²) in [6.45, 7) is 8.33. The SMILES string of the molecule is CC1(C)OB(c2cccc(NC(=O)C3CCC(NC(=O)OCc4ccccc4)CC3)c2)OC1(C)C. The quantitative estimate of drug-likeness (QED) is 0.601. The second-order valence-corrected chi connectivity index (χ2v) is 10.5. The Kier molecular flexibility index (Phi) is 7.52. The highest BCUT2D eigenvalue weighted by molar-refractivity contribution is 6.62. The lowest BCUT2D eigenvalue weighted by atomic mass is 9.79. The number of ether oxygens (including phenoxy) is 1. The molecular formula is C27H35BN2O5. The maximum atomic E-state index is 12.9. The van der Waals surface area contributed by atoms with Gasteiger partial charge in [-0.05, 0) is 76.5 Å². The average Bonchev–Trinajstić information content (AvgIpc) is 3.06. The maximum absolute atomic E-state index is 12.9. The molecule has 2 N–H and O–H groups in total. The zero-order chi connectivity index (χ0) is 25.1. The second-order valence-electron chi connectivity index (χ2n) is 10.5. The standard InChI is InChI=1S/C27H35BN2O5/c1-26(2)27(3,4)35-28(34-26)21-11-8-12-23(17-21)29-24(31)20-13-15-22(16-14-20)30-25(32)33-18-19-9-6-5-7-10-19/h5-12,17,20,22H,13-16,18H2,1-4H3,(H,29,31)(H,30,32). The Labute approximate surface area is 208 Å². The summed E-state index contributed by atoms with van der Waals surface area (Å²) in [5.74, 6) is -0.0879. The number of rotatable bonds is 6. The molecule has 8 heteroatoms. The molecule has 0 unspecified atom stereocenters.